The third kappa shape index (κ3) is 2.71. The van der Waals surface area contributed by atoms with Crippen molar-refractivity contribution in [2.75, 3.05) is 14.1 Å². The maximum absolute atomic E-state index is 11.9. The summed E-state index contributed by atoms with van der Waals surface area (Å²) in [5, 5.41) is 6.57. The second-order valence-electron chi connectivity index (χ2n) is 3.78. The van der Waals surface area contributed by atoms with Crippen LogP contribution < -0.4 is 5.43 Å². The maximum Gasteiger partial charge on any atom is 0.277 e. The summed E-state index contributed by atoms with van der Waals surface area (Å²) in [5.41, 5.74) is 4.58. The molecule has 0 fully saturated rings. The first-order chi connectivity index (χ1) is 8.08. The van der Waals surface area contributed by atoms with E-state index in [-0.39, 0.29) is 5.91 Å². The third-order valence-electron chi connectivity index (χ3n) is 2.10. The van der Waals surface area contributed by atoms with Gasteiger partial charge >= 0.3 is 0 Å². The lowest BCUT2D eigenvalue weighted by Crippen LogP contribution is -2.35. The van der Waals surface area contributed by atoms with Crippen LogP contribution in [0.3, 0.4) is 0 Å². The van der Waals surface area contributed by atoms with Crippen molar-refractivity contribution < 1.29 is 4.79 Å². The van der Waals surface area contributed by atoms with Gasteiger partial charge in [0.1, 0.15) is 9.88 Å². The number of aryl methyl sites for hydroxylation is 1. The summed E-state index contributed by atoms with van der Waals surface area (Å²) in [6.45, 7) is 1.86. The monoisotopic (exact) mass is 267 g/mol. The molecule has 0 saturated carbocycles. The molecule has 0 unspecified atom stereocenters. The van der Waals surface area contributed by atoms with E-state index in [4.69, 9.17) is 0 Å². The highest BCUT2D eigenvalue weighted by atomic mass is 32.1. The van der Waals surface area contributed by atoms with Crippen LogP contribution in [0.4, 0.5) is 0 Å². The fraction of sp³-hybridized carbons (Fsp3) is 0.273. The van der Waals surface area contributed by atoms with Crippen molar-refractivity contribution in [2.24, 2.45) is 0 Å². The molecule has 4 nitrogen and oxygen atoms in total. The summed E-state index contributed by atoms with van der Waals surface area (Å²) in [4.78, 5) is 17.0. The van der Waals surface area contributed by atoms with Crippen LogP contribution in [0, 0.1) is 6.92 Å². The van der Waals surface area contributed by atoms with Crippen molar-refractivity contribution in [3.05, 3.63) is 27.4 Å². The largest absolute Gasteiger partial charge is 0.285 e. The van der Waals surface area contributed by atoms with Crippen molar-refractivity contribution in [3.8, 4) is 10.6 Å². The maximum atomic E-state index is 11.9. The van der Waals surface area contributed by atoms with E-state index in [1.807, 2.05) is 23.8 Å². The minimum absolute atomic E-state index is 0.105. The molecule has 0 radical (unpaired) electrons. The quantitative estimate of drug-likeness (QED) is 0.869. The molecule has 0 saturated heterocycles. The van der Waals surface area contributed by atoms with Crippen molar-refractivity contribution in [3.63, 3.8) is 0 Å². The zero-order valence-electron chi connectivity index (χ0n) is 9.85. The average molecular weight is 267 g/mol. The Labute approximate surface area is 108 Å². The number of hydrogen-bond acceptors (Lipinski definition) is 5. The lowest BCUT2D eigenvalue weighted by molar-refractivity contribution is 0.0860. The molecule has 17 heavy (non-hydrogen) atoms. The highest BCUT2D eigenvalue weighted by molar-refractivity contribution is 7.17. The van der Waals surface area contributed by atoms with Crippen LogP contribution in [0.2, 0.25) is 0 Å². The second-order valence-corrected chi connectivity index (χ2v) is 5.56. The van der Waals surface area contributed by atoms with E-state index in [1.165, 1.54) is 11.3 Å². The molecule has 6 heteroatoms. The lowest BCUT2D eigenvalue weighted by atomic mass is 10.3. The normalized spacial score (nSPS) is 10.8. The first-order valence-electron chi connectivity index (χ1n) is 5.06. The van der Waals surface area contributed by atoms with Crippen LogP contribution in [-0.4, -0.2) is 30.0 Å². The van der Waals surface area contributed by atoms with Crippen molar-refractivity contribution >= 4 is 28.6 Å². The number of carbonyl (C=O) groups excluding carboxylic acids is 1. The number of hydrogen-bond donors (Lipinski definition) is 1. The fourth-order valence-corrected chi connectivity index (χ4v) is 3.04. The fourth-order valence-electron chi connectivity index (χ4n) is 1.37. The zero-order valence-corrected chi connectivity index (χ0v) is 11.5. The van der Waals surface area contributed by atoms with Gasteiger partial charge in [0.05, 0.1) is 5.69 Å². The van der Waals surface area contributed by atoms with E-state index in [0.717, 1.165) is 16.3 Å². The summed E-state index contributed by atoms with van der Waals surface area (Å²) in [6.07, 6.45) is 0. The van der Waals surface area contributed by atoms with E-state index < -0.39 is 0 Å². The summed E-state index contributed by atoms with van der Waals surface area (Å²) in [7, 11) is 3.57. The Hall–Kier alpha value is -1.24. The number of thiophene rings is 1. The van der Waals surface area contributed by atoms with Gasteiger partial charge < -0.3 is 0 Å². The minimum Gasteiger partial charge on any atom is -0.285 e. The molecule has 0 atom stereocenters. The summed E-state index contributed by atoms with van der Waals surface area (Å²) < 4.78 is 0. The van der Waals surface area contributed by atoms with Gasteiger partial charge in [0.25, 0.3) is 5.91 Å². The van der Waals surface area contributed by atoms with Crippen molar-refractivity contribution in [1.29, 1.82) is 0 Å². The predicted octanol–water partition coefficient (Wildman–Crippen LogP) is 2.39. The molecule has 2 aromatic rings. The highest BCUT2D eigenvalue weighted by Crippen LogP contribution is 2.29. The summed E-state index contributed by atoms with van der Waals surface area (Å²) in [5.74, 6) is -0.105. The third-order valence-corrected chi connectivity index (χ3v) is 3.98. The van der Waals surface area contributed by atoms with Crippen LogP contribution in [0.25, 0.3) is 10.6 Å². The number of carbonyl (C=O) groups is 1. The Morgan fingerprint density at radius 3 is 2.82 bits per heavy atom. The minimum atomic E-state index is -0.105. The van der Waals surface area contributed by atoms with Gasteiger partial charge in [0.2, 0.25) is 0 Å². The van der Waals surface area contributed by atoms with Gasteiger partial charge in [-0.05, 0) is 18.4 Å². The molecule has 2 aromatic heterocycles. The van der Waals surface area contributed by atoms with Crippen LogP contribution in [0.15, 0.2) is 16.8 Å². The zero-order chi connectivity index (χ0) is 12.4. The lowest BCUT2D eigenvalue weighted by Gasteiger charge is -2.10. The van der Waals surface area contributed by atoms with Gasteiger partial charge in [-0.25, -0.2) is 9.99 Å². The average Bonchev–Trinajstić information content (AvgIpc) is 2.84. The Kier molecular flexibility index (Phi) is 3.56. The second kappa shape index (κ2) is 4.95. The molecule has 0 aliphatic heterocycles. The molecule has 0 spiro atoms. The van der Waals surface area contributed by atoms with Gasteiger partial charge in [0, 0.05) is 25.0 Å². The number of nitrogens with one attached hydrogen (secondary N) is 1. The van der Waals surface area contributed by atoms with Crippen LogP contribution >= 0.6 is 22.7 Å². The number of hydrazine groups is 1. The van der Waals surface area contributed by atoms with Crippen LogP contribution in [-0.2, 0) is 0 Å². The van der Waals surface area contributed by atoms with Crippen molar-refractivity contribution in [1.82, 2.24) is 15.4 Å². The van der Waals surface area contributed by atoms with E-state index in [1.54, 1.807) is 30.4 Å². The molecule has 1 amide bonds. The number of thiazole rings is 1. The molecule has 2 rings (SSSR count). The molecule has 0 aromatic carbocycles. The standard InChI is InChI=1S/C11H13N3OS2/c1-7-9(10(15)13-14(2)3)17-11(12-7)8-4-5-16-6-8/h4-6H,1-3H3,(H,13,15). The molecule has 0 aliphatic carbocycles. The molecular formula is C11H13N3OS2. The Morgan fingerprint density at radius 1 is 1.47 bits per heavy atom. The molecule has 2 heterocycles. The number of rotatable bonds is 3. The SMILES string of the molecule is Cc1nc(-c2ccsc2)sc1C(=O)NN(C)C. The molecule has 0 bridgehead atoms. The van der Waals surface area contributed by atoms with Crippen LogP contribution in [0.1, 0.15) is 15.4 Å². The first kappa shape index (κ1) is 12.2. The molecule has 0 aliphatic rings. The van der Waals surface area contributed by atoms with Gasteiger partial charge in [-0.3, -0.25) is 10.2 Å². The van der Waals surface area contributed by atoms with E-state index >= 15 is 0 Å². The predicted molar refractivity (Wildman–Crippen MR) is 71.3 cm³/mol. The van der Waals surface area contributed by atoms with Crippen LogP contribution in [0.5, 0.6) is 0 Å². The molecule has 1 N–H and O–H groups in total. The molecule has 90 valence electrons. The summed E-state index contributed by atoms with van der Waals surface area (Å²) >= 11 is 3.05. The molecular weight excluding hydrogens is 254 g/mol. The Balaban J connectivity index is 2.28. The van der Waals surface area contributed by atoms with E-state index in [9.17, 15) is 4.79 Å². The van der Waals surface area contributed by atoms with Gasteiger partial charge in [-0.2, -0.15) is 11.3 Å². The number of nitrogens with zero attached hydrogens (tertiary/aromatic N) is 2. The van der Waals surface area contributed by atoms with E-state index in [0.29, 0.717) is 4.88 Å². The topological polar surface area (TPSA) is 45.2 Å². The van der Waals surface area contributed by atoms with Crippen molar-refractivity contribution in [2.45, 2.75) is 6.92 Å². The van der Waals surface area contributed by atoms with Gasteiger partial charge in [-0.15, -0.1) is 11.3 Å². The Bertz CT molecular complexity index is 517. The number of amides is 1. The van der Waals surface area contributed by atoms with E-state index in [2.05, 4.69) is 10.4 Å². The Morgan fingerprint density at radius 2 is 2.24 bits per heavy atom. The first-order valence-corrected chi connectivity index (χ1v) is 6.82. The highest BCUT2D eigenvalue weighted by Gasteiger charge is 2.16. The van der Waals surface area contributed by atoms with Gasteiger partial charge in [0.15, 0.2) is 0 Å². The number of aromatic nitrogens is 1. The van der Waals surface area contributed by atoms with Gasteiger partial charge in [-0.1, -0.05) is 0 Å². The smallest absolute Gasteiger partial charge is 0.277 e. The summed E-state index contributed by atoms with van der Waals surface area (Å²) in [6, 6.07) is 2.01.